The Morgan fingerprint density at radius 3 is 2.15 bits per heavy atom. The first-order valence-electron chi connectivity index (χ1n) is 15.6. The molecule has 0 radical (unpaired) electrons. The Hall–Kier alpha value is -4.14. The lowest BCUT2D eigenvalue weighted by Crippen LogP contribution is -2.54. The van der Waals surface area contributed by atoms with E-state index in [2.05, 4.69) is 5.32 Å². The Balaban J connectivity index is 1.57. The standard InChI is InChI=1S/C37H40ClN3O4S/c1-27-12-11-15-30(22-27)25-40(35(23-29-13-5-3-6-14-29)37(43)39-31-16-9-10-17-31)36(42)26-41(32-21-20-28(2)34(38)24-32)46(44,45)33-18-7-4-8-19-33/h3-8,11-15,18-22,24,31,35H,9-10,16-17,23,25-26H2,1-2H3,(H,39,43). The molecule has 9 heteroatoms. The molecular formula is C37H40ClN3O4S. The predicted molar refractivity (Wildman–Crippen MR) is 183 cm³/mol. The first-order valence-corrected chi connectivity index (χ1v) is 17.5. The first kappa shape index (κ1) is 33.2. The summed E-state index contributed by atoms with van der Waals surface area (Å²) >= 11 is 6.47. The first-order chi connectivity index (χ1) is 22.1. The van der Waals surface area contributed by atoms with Gasteiger partial charge >= 0.3 is 0 Å². The fraction of sp³-hybridized carbons (Fsp3) is 0.297. The summed E-state index contributed by atoms with van der Waals surface area (Å²) < 4.78 is 29.4. The highest BCUT2D eigenvalue weighted by molar-refractivity contribution is 7.92. The SMILES string of the molecule is Cc1cccc(CN(C(=O)CN(c2ccc(C)c(Cl)c2)S(=O)(=O)c2ccccc2)C(Cc2ccccc2)C(=O)NC2CCCC2)c1. The molecule has 0 spiro atoms. The Morgan fingerprint density at radius 1 is 0.848 bits per heavy atom. The largest absolute Gasteiger partial charge is 0.352 e. The molecule has 240 valence electrons. The van der Waals surface area contributed by atoms with E-state index in [0.29, 0.717) is 5.02 Å². The van der Waals surface area contributed by atoms with Crippen LogP contribution >= 0.6 is 11.6 Å². The molecular weight excluding hydrogens is 618 g/mol. The van der Waals surface area contributed by atoms with Gasteiger partial charge in [-0.2, -0.15) is 0 Å². The van der Waals surface area contributed by atoms with Crippen molar-refractivity contribution in [3.8, 4) is 0 Å². The molecule has 46 heavy (non-hydrogen) atoms. The number of rotatable bonds is 12. The molecule has 0 aromatic heterocycles. The molecule has 1 unspecified atom stereocenters. The molecule has 0 heterocycles. The number of sulfonamides is 1. The molecule has 0 saturated heterocycles. The van der Waals surface area contributed by atoms with Crippen molar-refractivity contribution >= 4 is 39.1 Å². The maximum absolute atomic E-state index is 14.6. The van der Waals surface area contributed by atoms with Gasteiger partial charge in [0.1, 0.15) is 12.6 Å². The molecule has 0 aliphatic heterocycles. The Morgan fingerprint density at radius 2 is 1.50 bits per heavy atom. The van der Waals surface area contributed by atoms with Gasteiger partial charge < -0.3 is 10.2 Å². The maximum Gasteiger partial charge on any atom is 0.264 e. The van der Waals surface area contributed by atoms with Crippen LogP contribution in [-0.4, -0.2) is 43.8 Å². The van der Waals surface area contributed by atoms with Crippen LogP contribution in [0.1, 0.15) is 47.9 Å². The summed E-state index contributed by atoms with van der Waals surface area (Å²) in [6.45, 7) is 3.40. The third-order valence-electron chi connectivity index (χ3n) is 8.46. The Labute approximate surface area is 277 Å². The highest BCUT2D eigenvalue weighted by Crippen LogP contribution is 2.29. The highest BCUT2D eigenvalue weighted by Gasteiger charge is 2.35. The van der Waals surface area contributed by atoms with Crippen molar-refractivity contribution in [1.29, 1.82) is 0 Å². The highest BCUT2D eigenvalue weighted by atomic mass is 35.5. The summed E-state index contributed by atoms with van der Waals surface area (Å²) in [5.41, 5.74) is 3.80. The van der Waals surface area contributed by atoms with Gasteiger partial charge in [-0.1, -0.05) is 109 Å². The van der Waals surface area contributed by atoms with E-state index in [1.807, 2.05) is 68.4 Å². The molecule has 1 aliphatic carbocycles. The van der Waals surface area contributed by atoms with Crippen molar-refractivity contribution in [2.24, 2.45) is 0 Å². The van der Waals surface area contributed by atoms with Crippen LogP contribution in [0.2, 0.25) is 5.02 Å². The van der Waals surface area contributed by atoms with E-state index < -0.39 is 28.5 Å². The number of hydrogen-bond donors (Lipinski definition) is 1. The van der Waals surface area contributed by atoms with Gasteiger partial charge in [-0.3, -0.25) is 13.9 Å². The predicted octanol–water partition coefficient (Wildman–Crippen LogP) is 6.85. The quantitative estimate of drug-likeness (QED) is 0.181. The van der Waals surface area contributed by atoms with Crippen molar-refractivity contribution in [1.82, 2.24) is 10.2 Å². The lowest BCUT2D eigenvalue weighted by Gasteiger charge is -2.34. The van der Waals surface area contributed by atoms with Gasteiger partial charge in [-0.05, 0) is 67.6 Å². The monoisotopic (exact) mass is 657 g/mol. The number of carbonyl (C=O) groups excluding carboxylic acids is 2. The molecule has 2 amide bonds. The number of carbonyl (C=O) groups is 2. The van der Waals surface area contributed by atoms with E-state index >= 15 is 0 Å². The van der Waals surface area contributed by atoms with Crippen molar-refractivity contribution in [3.63, 3.8) is 0 Å². The Kier molecular flexibility index (Phi) is 10.8. The van der Waals surface area contributed by atoms with Crippen LogP contribution in [0.25, 0.3) is 0 Å². The average molecular weight is 658 g/mol. The minimum absolute atomic E-state index is 0.0459. The summed E-state index contributed by atoms with van der Waals surface area (Å²) in [6.07, 6.45) is 4.16. The van der Waals surface area contributed by atoms with Gasteiger partial charge in [0.2, 0.25) is 11.8 Å². The Bertz CT molecular complexity index is 1760. The second kappa shape index (κ2) is 15.0. The van der Waals surface area contributed by atoms with Crippen molar-refractivity contribution in [2.45, 2.75) is 69.5 Å². The lowest BCUT2D eigenvalue weighted by atomic mass is 10.0. The van der Waals surface area contributed by atoms with Crippen LogP contribution in [-0.2, 0) is 32.6 Å². The zero-order chi connectivity index (χ0) is 32.7. The third kappa shape index (κ3) is 8.17. The summed E-state index contributed by atoms with van der Waals surface area (Å²) in [4.78, 5) is 30.3. The molecule has 5 rings (SSSR count). The fourth-order valence-electron chi connectivity index (χ4n) is 5.91. The number of nitrogens with one attached hydrogen (secondary N) is 1. The van der Waals surface area contributed by atoms with Crippen molar-refractivity contribution < 1.29 is 18.0 Å². The molecule has 1 saturated carbocycles. The van der Waals surface area contributed by atoms with E-state index in [4.69, 9.17) is 11.6 Å². The molecule has 1 aliphatic rings. The third-order valence-corrected chi connectivity index (χ3v) is 10.7. The molecule has 1 atom stereocenters. The normalized spacial score (nSPS) is 14.1. The number of nitrogens with zero attached hydrogens (tertiary/aromatic N) is 2. The fourth-order valence-corrected chi connectivity index (χ4v) is 7.52. The topological polar surface area (TPSA) is 86.8 Å². The van der Waals surface area contributed by atoms with Crippen LogP contribution in [0.5, 0.6) is 0 Å². The number of benzene rings is 4. The minimum atomic E-state index is -4.19. The van der Waals surface area contributed by atoms with E-state index in [1.54, 1.807) is 36.4 Å². The van der Waals surface area contributed by atoms with Gasteiger partial charge in [0.15, 0.2) is 0 Å². The molecule has 1 N–H and O–H groups in total. The second-order valence-electron chi connectivity index (χ2n) is 12.0. The molecule has 7 nitrogen and oxygen atoms in total. The van der Waals surface area contributed by atoms with Gasteiger partial charge in [0, 0.05) is 24.0 Å². The molecule has 4 aromatic carbocycles. The minimum Gasteiger partial charge on any atom is -0.352 e. The molecule has 0 bridgehead atoms. The number of anilines is 1. The van der Waals surface area contributed by atoms with Gasteiger partial charge in [-0.25, -0.2) is 8.42 Å². The number of hydrogen-bond acceptors (Lipinski definition) is 4. The van der Waals surface area contributed by atoms with Gasteiger partial charge in [0.05, 0.1) is 10.6 Å². The van der Waals surface area contributed by atoms with Crippen molar-refractivity contribution in [3.05, 3.63) is 130 Å². The maximum atomic E-state index is 14.6. The van der Waals surface area contributed by atoms with E-state index in [9.17, 15) is 18.0 Å². The van der Waals surface area contributed by atoms with E-state index in [0.717, 1.165) is 52.2 Å². The zero-order valence-corrected chi connectivity index (χ0v) is 27.8. The molecule has 1 fully saturated rings. The smallest absolute Gasteiger partial charge is 0.264 e. The van der Waals surface area contributed by atoms with Gasteiger partial charge in [0.25, 0.3) is 10.0 Å². The summed E-state index contributed by atoms with van der Waals surface area (Å²) in [5, 5.41) is 3.59. The van der Waals surface area contributed by atoms with E-state index in [-0.39, 0.29) is 35.5 Å². The molecule has 4 aromatic rings. The summed E-state index contributed by atoms with van der Waals surface area (Å²) in [5.74, 6) is -0.743. The number of halogens is 1. The number of amides is 2. The average Bonchev–Trinajstić information content (AvgIpc) is 3.56. The summed E-state index contributed by atoms with van der Waals surface area (Å²) in [7, 11) is -4.19. The van der Waals surface area contributed by atoms with Crippen LogP contribution in [0.15, 0.2) is 108 Å². The summed E-state index contributed by atoms with van der Waals surface area (Å²) in [6, 6.07) is 29.5. The second-order valence-corrected chi connectivity index (χ2v) is 14.2. The van der Waals surface area contributed by atoms with Crippen LogP contribution in [0.4, 0.5) is 5.69 Å². The van der Waals surface area contributed by atoms with Crippen LogP contribution in [0, 0.1) is 13.8 Å². The van der Waals surface area contributed by atoms with E-state index in [1.165, 1.54) is 17.0 Å². The zero-order valence-electron chi connectivity index (χ0n) is 26.2. The lowest BCUT2D eigenvalue weighted by molar-refractivity contribution is -0.140. The van der Waals surface area contributed by atoms with Crippen LogP contribution < -0.4 is 9.62 Å². The number of aryl methyl sites for hydroxylation is 2. The van der Waals surface area contributed by atoms with Crippen LogP contribution in [0.3, 0.4) is 0 Å². The van der Waals surface area contributed by atoms with Crippen molar-refractivity contribution in [2.75, 3.05) is 10.8 Å². The van der Waals surface area contributed by atoms with Gasteiger partial charge in [-0.15, -0.1) is 0 Å².